The SMILES string of the molecule is O=C(C=Cc1ccc(O)cc1)CC1CCC=CC1=O. The van der Waals surface area contributed by atoms with Gasteiger partial charge in [0.05, 0.1) is 0 Å². The Balaban J connectivity index is 1.92. The van der Waals surface area contributed by atoms with Crippen molar-refractivity contribution in [2.75, 3.05) is 0 Å². The fourth-order valence-corrected chi connectivity index (χ4v) is 2.06. The lowest BCUT2D eigenvalue weighted by atomic mass is 9.88. The molecule has 1 N–H and O–H groups in total. The van der Waals surface area contributed by atoms with Gasteiger partial charge in [-0.3, -0.25) is 9.59 Å². The average molecular weight is 256 g/mol. The molecule has 3 nitrogen and oxygen atoms in total. The first-order chi connectivity index (χ1) is 9.15. The van der Waals surface area contributed by atoms with E-state index in [9.17, 15) is 9.59 Å². The highest BCUT2D eigenvalue weighted by Crippen LogP contribution is 2.19. The first kappa shape index (κ1) is 13.3. The number of ketones is 2. The highest BCUT2D eigenvalue weighted by atomic mass is 16.3. The van der Waals surface area contributed by atoms with E-state index in [4.69, 9.17) is 5.11 Å². The largest absolute Gasteiger partial charge is 0.508 e. The Kier molecular flexibility index (Phi) is 4.29. The van der Waals surface area contributed by atoms with Gasteiger partial charge in [0.1, 0.15) is 5.75 Å². The smallest absolute Gasteiger partial charge is 0.158 e. The predicted octanol–water partition coefficient (Wildman–Crippen LogP) is 2.90. The standard InChI is InChI=1S/C16H16O3/c17-14-8-5-12(6-9-14)7-10-15(18)11-13-3-1-2-4-16(13)19/h2,4-10,13,17H,1,3,11H2. The third-order valence-electron chi connectivity index (χ3n) is 3.17. The number of hydrogen-bond acceptors (Lipinski definition) is 3. The van der Waals surface area contributed by atoms with E-state index < -0.39 is 0 Å². The quantitative estimate of drug-likeness (QED) is 0.843. The molecule has 1 unspecified atom stereocenters. The molecule has 0 saturated carbocycles. The summed E-state index contributed by atoms with van der Waals surface area (Å²) in [6.07, 6.45) is 8.53. The van der Waals surface area contributed by atoms with Crippen LogP contribution >= 0.6 is 0 Å². The van der Waals surface area contributed by atoms with E-state index in [1.807, 2.05) is 6.08 Å². The molecule has 19 heavy (non-hydrogen) atoms. The second-order valence-electron chi connectivity index (χ2n) is 4.67. The van der Waals surface area contributed by atoms with Gasteiger partial charge in [-0.15, -0.1) is 0 Å². The molecule has 0 aliphatic heterocycles. The van der Waals surface area contributed by atoms with Crippen molar-refractivity contribution < 1.29 is 14.7 Å². The second kappa shape index (κ2) is 6.14. The van der Waals surface area contributed by atoms with Crippen LogP contribution in [0.4, 0.5) is 0 Å². The van der Waals surface area contributed by atoms with Gasteiger partial charge in [0.25, 0.3) is 0 Å². The summed E-state index contributed by atoms with van der Waals surface area (Å²) in [6.45, 7) is 0. The molecule has 98 valence electrons. The van der Waals surface area contributed by atoms with Gasteiger partial charge in [0.15, 0.2) is 11.6 Å². The summed E-state index contributed by atoms with van der Waals surface area (Å²) < 4.78 is 0. The normalized spacial score (nSPS) is 18.9. The average Bonchev–Trinajstić information content (AvgIpc) is 2.41. The van der Waals surface area contributed by atoms with Crippen LogP contribution in [0, 0.1) is 5.92 Å². The minimum atomic E-state index is -0.165. The second-order valence-corrected chi connectivity index (χ2v) is 4.67. The zero-order chi connectivity index (χ0) is 13.7. The first-order valence-electron chi connectivity index (χ1n) is 6.35. The maximum absolute atomic E-state index is 11.8. The summed E-state index contributed by atoms with van der Waals surface area (Å²) in [6, 6.07) is 6.60. The molecule has 1 aliphatic carbocycles. The molecule has 1 atom stereocenters. The van der Waals surface area contributed by atoms with Crippen LogP contribution in [0.3, 0.4) is 0 Å². The molecule has 0 spiro atoms. The molecule has 3 heteroatoms. The van der Waals surface area contributed by atoms with E-state index in [0.29, 0.717) is 0 Å². The molecule has 1 aliphatic rings. The van der Waals surface area contributed by atoms with Crippen molar-refractivity contribution in [3.8, 4) is 5.75 Å². The van der Waals surface area contributed by atoms with Crippen LogP contribution in [0.5, 0.6) is 5.75 Å². The fourth-order valence-electron chi connectivity index (χ4n) is 2.06. The van der Waals surface area contributed by atoms with Crippen molar-refractivity contribution in [3.63, 3.8) is 0 Å². The Bertz CT molecular complexity index is 523. The first-order valence-corrected chi connectivity index (χ1v) is 6.35. The highest BCUT2D eigenvalue weighted by molar-refractivity contribution is 5.99. The topological polar surface area (TPSA) is 54.4 Å². The fraction of sp³-hybridized carbons (Fsp3) is 0.250. The minimum Gasteiger partial charge on any atom is -0.508 e. The van der Waals surface area contributed by atoms with Crippen molar-refractivity contribution in [2.24, 2.45) is 5.92 Å². The Morgan fingerprint density at radius 3 is 2.74 bits per heavy atom. The summed E-state index contributed by atoms with van der Waals surface area (Å²) >= 11 is 0. The van der Waals surface area contributed by atoms with Gasteiger partial charge in [0.2, 0.25) is 0 Å². The predicted molar refractivity (Wildman–Crippen MR) is 73.6 cm³/mol. The van der Waals surface area contributed by atoms with E-state index in [1.54, 1.807) is 36.4 Å². The number of aromatic hydroxyl groups is 1. The van der Waals surface area contributed by atoms with Crippen LogP contribution in [0.15, 0.2) is 42.5 Å². The number of rotatable bonds is 4. The number of carbonyl (C=O) groups is 2. The third-order valence-corrected chi connectivity index (χ3v) is 3.17. The van der Waals surface area contributed by atoms with E-state index in [-0.39, 0.29) is 29.7 Å². The summed E-state index contributed by atoms with van der Waals surface area (Å²) in [7, 11) is 0. The number of phenolic OH excluding ortho intramolecular Hbond substituents is 1. The van der Waals surface area contributed by atoms with Crippen molar-refractivity contribution in [1.82, 2.24) is 0 Å². The zero-order valence-electron chi connectivity index (χ0n) is 10.6. The molecular weight excluding hydrogens is 240 g/mol. The van der Waals surface area contributed by atoms with E-state index in [1.165, 1.54) is 6.08 Å². The maximum Gasteiger partial charge on any atom is 0.158 e. The van der Waals surface area contributed by atoms with Gasteiger partial charge < -0.3 is 5.11 Å². The number of carbonyl (C=O) groups excluding carboxylic acids is 2. The minimum absolute atomic E-state index is 0.0401. The van der Waals surface area contributed by atoms with Crippen LogP contribution in [-0.2, 0) is 9.59 Å². The maximum atomic E-state index is 11.8. The molecule has 1 aromatic rings. The van der Waals surface area contributed by atoms with Crippen molar-refractivity contribution >= 4 is 17.6 Å². The van der Waals surface area contributed by atoms with Crippen LogP contribution in [0.1, 0.15) is 24.8 Å². The monoisotopic (exact) mass is 256 g/mol. The van der Waals surface area contributed by atoms with Crippen molar-refractivity contribution in [2.45, 2.75) is 19.3 Å². The van der Waals surface area contributed by atoms with Gasteiger partial charge in [-0.2, -0.15) is 0 Å². The highest BCUT2D eigenvalue weighted by Gasteiger charge is 2.20. The van der Waals surface area contributed by atoms with E-state index in [0.717, 1.165) is 18.4 Å². The molecule has 2 rings (SSSR count). The molecular formula is C16H16O3. The van der Waals surface area contributed by atoms with Gasteiger partial charge in [-0.1, -0.05) is 24.3 Å². The molecule has 0 bridgehead atoms. The van der Waals surface area contributed by atoms with Crippen molar-refractivity contribution in [3.05, 3.63) is 48.1 Å². The Morgan fingerprint density at radius 2 is 2.05 bits per heavy atom. The Labute approximate surface area is 112 Å². The third kappa shape index (κ3) is 3.91. The summed E-state index contributed by atoms with van der Waals surface area (Å²) in [5.41, 5.74) is 0.848. The lowest BCUT2D eigenvalue weighted by Crippen LogP contribution is -2.18. The number of benzene rings is 1. The number of hydrogen-bond donors (Lipinski definition) is 1. The molecule has 0 fully saturated rings. The number of phenols is 1. The molecule has 0 saturated heterocycles. The Morgan fingerprint density at radius 1 is 1.32 bits per heavy atom. The van der Waals surface area contributed by atoms with Crippen LogP contribution in [0.2, 0.25) is 0 Å². The summed E-state index contributed by atoms with van der Waals surface area (Å²) in [4.78, 5) is 23.3. The van der Waals surface area contributed by atoms with Gasteiger partial charge >= 0.3 is 0 Å². The van der Waals surface area contributed by atoms with Crippen LogP contribution in [0.25, 0.3) is 6.08 Å². The summed E-state index contributed by atoms with van der Waals surface area (Å²) in [5, 5.41) is 9.14. The van der Waals surface area contributed by atoms with Gasteiger partial charge in [0, 0.05) is 12.3 Å². The molecule has 0 heterocycles. The lowest BCUT2D eigenvalue weighted by Gasteiger charge is -2.14. The van der Waals surface area contributed by atoms with Gasteiger partial charge in [-0.25, -0.2) is 0 Å². The van der Waals surface area contributed by atoms with E-state index >= 15 is 0 Å². The zero-order valence-corrected chi connectivity index (χ0v) is 10.6. The molecule has 1 aromatic carbocycles. The summed E-state index contributed by atoms with van der Waals surface area (Å²) in [5.74, 6) is 0.0457. The van der Waals surface area contributed by atoms with Crippen LogP contribution in [-0.4, -0.2) is 16.7 Å². The van der Waals surface area contributed by atoms with Gasteiger partial charge in [-0.05, 0) is 42.7 Å². The Hall–Kier alpha value is -2.16. The molecule has 0 amide bonds. The van der Waals surface area contributed by atoms with Crippen LogP contribution < -0.4 is 0 Å². The van der Waals surface area contributed by atoms with Crippen molar-refractivity contribution in [1.29, 1.82) is 0 Å². The number of allylic oxidation sites excluding steroid dienone is 3. The molecule has 0 aromatic heterocycles. The van der Waals surface area contributed by atoms with E-state index in [2.05, 4.69) is 0 Å². The lowest BCUT2D eigenvalue weighted by molar-refractivity contribution is -0.123. The molecule has 0 radical (unpaired) electrons.